The highest BCUT2D eigenvalue weighted by Crippen LogP contribution is 2.32. The third-order valence-corrected chi connectivity index (χ3v) is 2.73. The van der Waals surface area contributed by atoms with Crippen LogP contribution in [-0.4, -0.2) is 32.7 Å². The zero-order valence-electron chi connectivity index (χ0n) is 10.5. The van der Waals surface area contributed by atoms with Gasteiger partial charge in [0.15, 0.2) is 11.5 Å². The molecule has 0 saturated carbocycles. The average molecular weight is 250 g/mol. The number of para-hydroxylation sites is 1. The van der Waals surface area contributed by atoms with Crippen LogP contribution in [0.4, 0.5) is 0 Å². The number of ether oxygens (including phenoxy) is 2. The minimum absolute atomic E-state index is 0.0332. The molecule has 0 atom stereocenters. The first-order chi connectivity index (χ1) is 8.81. The van der Waals surface area contributed by atoms with Crippen molar-refractivity contribution in [2.75, 3.05) is 26.8 Å². The lowest BCUT2D eigenvalue weighted by atomic mass is 10.2. The molecule has 5 nitrogen and oxygen atoms in total. The first kappa shape index (κ1) is 12.7. The van der Waals surface area contributed by atoms with Crippen molar-refractivity contribution in [3.05, 3.63) is 23.8 Å². The summed E-state index contributed by atoms with van der Waals surface area (Å²) in [6, 6.07) is 5.82. The maximum atomic E-state index is 11.1. The number of benzene rings is 1. The van der Waals surface area contributed by atoms with Crippen molar-refractivity contribution in [1.82, 2.24) is 10.6 Å². The third-order valence-electron chi connectivity index (χ3n) is 2.73. The van der Waals surface area contributed by atoms with E-state index in [1.54, 1.807) is 7.05 Å². The maximum Gasteiger partial charge on any atom is 0.233 e. The molecule has 0 unspecified atom stereocenters. The second kappa shape index (κ2) is 6.26. The number of likely N-dealkylation sites (N-methyl/N-ethyl adjacent to an activating group) is 1. The summed E-state index contributed by atoms with van der Waals surface area (Å²) in [5.41, 5.74) is 1.01. The van der Waals surface area contributed by atoms with E-state index in [1.807, 2.05) is 18.2 Å². The van der Waals surface area contributed by atoms with E-state index in [1.165, 1.54) is 0 Å². The Morgan fingerprint density at radius 1 is 1.33 bits per heavy atom. The van der Waals surface area contributed by atoms with Crippen molar-refractivity contribution in [2.24, 2.45) is 0 Å². The lowest BCUT2D eigenvalue weighted by Gasteiger charge is -2.12. The van der Waals surface area contributed by atoms with Crippen molar-refractivity contribution in [2.45, 2.75) is 13.0 Å². The standard InChI is InChI=1S/C13H18N2O3/c1-14-12(16)9-15-8-10-4-2-5-11-13(10)18-7-3-6-17-11/h2,4-5,15H,3,6-9H2,1H3,(H,14,16). The van der Waals surface area contributed by atoms with E-state index in [0.29, 0.717) is 26.3 Å². The summed E-state index contributed by atoms with van der Waals surface area (Å²) in [6.45, 7) is 2.22. The van der Waals surface area contributed by atoms with Crippen molar-refractivity contribution in [3.8, 4) is 11.5 Å². The van der Waals surface area contributed by atoms with Crippen molar-refractivity contribution in [1.29, 1.82) is 0 Å². The number of hydrogen-bond donors (Lipinski definition) is 2. The highest BCUT2D eigenvalue weighted by molar-refractivity contribution is 5.77. The van der Waals surface area contributed by atoms with E-state index in [2.05, 4.69) is 10.6 Å². The highest BCUT2D eigenvalue weighted by Gasteiger charge is 2.14. The average Bonchev–Trinajstić information content (AvgIpc) is 2.64. The van der Waals surface area contributed by atoms with Crippen LogP contribution in [0, 0.1) is 0 Å². The van der Waals surface area contributed by atoms with Gasteiger partial charge in [0.05, 0.1) is 19.8 Å². The number of nitrogens with one attached hydrogen (secondary N) is 2. The van der Waals surface area contributed by atoms with E-state index < -0.39 is 0 Å². The molecule has 0 spiro atoms. The Kier molecular flexibility index (Phi) is 4.41. The Balaban J connectivity index is 2.02. The number of carbonyl (C=O) groups is 1. The zero-order chi connectivity index (χ0) is 12.8. The number of amides is 1. The summed E-state index contributed by atoms with van der Waals surface area (Å²) < 4.78 is 11.3. The van der Waals surface area contributed by atoms with Crippen LogP contribution in [0.5, 0.6) is 11.5 Å². The lowest BCUT2D eigenvalue weighted by molar-refractivity contribution is -0.119. The number of fused-ring (bicyclic) bond motifs is 1. The van der Waals surface area contributed by atoms with Crippen LogP contribution in [0.25, 0.3) is 0 Å². The summed E-state index contributed by atoms with van der Waals surface area (Å²) in [7, 11) is 1.62. The summed E-state index contributed by atoms with van der Waals surface area (Å²) >= 11 is 0. The Labute approximate surface area is 106 Å². The van der Waals surface area contributed by atoms with Crippen LogP contribution < -0.4 is 20.1 Å². The van der Waals surface area contributed by atoms with E-state index in [-0.39, 0.29) is 5.91 Å². The highest BCUT2D eigenvalue weighted by atomic mass is 16.5. The molecule has 1 aliphatic heterocycles. The van der Waals surface area contributed by atoms with Gasteiger partial charge in [-0.05, 0) is 6.07 Å². The Bertz CT molecular complexity index is 421. The summed E-state index contributed by atoms with van der Waals surface area (Å²) in [5.74, 6) is 1.54. The molecule has 1 amide bonds. The molecule has 0 aromatic heterocycles. The summed E-state index contributed by atoms with van der Waals surface area (Å²) in [4.78, 5) is 11.1. The van der Waals surface area contributed by atoms with Gasteiger partial charge in [0.1, 0.15) is 0 Å². The molecule has 2 rings (SSSR count). The minimum atomic E-state index is -0.0332. The molecular weight excluding hydrogens is 232 g/mol. The van der Waals surface area contributed by atoms with E-state index in [4.69, 9.17) is 9.47 Å². The monoisotopic (exact) mass is 250 g/mol. The van der Waals surface area contributed by atoms with Crippen LogP contribution in [0.2, 0.25) is 0 Å². The quantitative estimate of drug-likeness (QED) is 0.825. The van der Waals surface area contributed by atoms with Crippen LogP contribution in [0.1, 0.15) is 12.0 Å². The molecule has 0 aliphatic carbocycles. The van der Waals surface area contributed by atoms with Crippen LogP contribution in [0.3, 0.4) is 0 Å². The van der Waals surface area contributed by atoms with Gasteiger partial charge in [-0.25, -0.2) is 0 Å². The van der Waals surface area contributed by atoms with Crippen LogP contribution in [0.15, 0.2) is 18.2 Å². The smallest absolute Gasteiger partial charge is 0.233 e. The van der Waals surface area contributed by atoms with Gasteiger partial charge < -0.3 is 20.1 Å². The molecule has 0 bridgehead atoms. The Hall–Kier alpha value is -1.75. The summed E-state index contributed by atoms with van der Waals surface area (Å²) in [5, 5.41) is 5.64. The van der Waals surface area contributed by atoms with Gasteiger partial charge in [-0.15, -0.1) is 0 Å². The van der Waals surface area contributed by atoms with Gasteiger partial charge >= 0.3 is 0 Å². The van der Waals surface area contributed by atoms with E-state index in [0.717, 1.165) is 23.5 Å². The SMILES string of the molecule is CNC(=O)CNCc1cccc2c1OCCCO2. The molecule has 1 aromatic carbocycles. The van der Waals surface area contributed by atoms with Crippen molar-refractivity contribution in [3.63, 3.8) is 0 Å². The number of rotatable bonds is 4. The molecule has 0 fully saturated rings. The molecule has 1 aliphatic rings. The van der Waals surface area contributed by atoms with E-state index in [9.17, 15) is 4.79 Å². The van der Waals surface area contributed by atoms with Gasteiger partial charge in [0.25, 0.3) is 0 Å². The second-order valence-electron chi connectivity index (χ2n) is 4.07. The molecule has 1 aromatic rings. The predicted octanol–water partition coefficient (Wildman–Crippen LogP) is 0.683. The number of carbonyl (C=O) groups excluding carboxylic acids is 1. The van der Waals surface area contributed by atoms with Gasteiger partial charge in [0.2, 0.25) is 5.91 Å². The zero-order valence-corrected chi connectivity index (χ0v) is 10.5. The molecule has 1 heterocycles. The van der Waals surface area contributed by atoms with Crippen molar-refractivity contribution < 1.29 is 14.3 Å². The minimum Gasteiger partial charge on any atom is -0.490 e. The van der Waals surface area contributed by atoms with Gasteiger partial charge in [-0.2, -0.15) is 0 Å². The maximum absolute atomic E-state index is 11.1. The predicted molar refractivity (Wildman–Crippen MR) is 67.8 cm³/mol. The Morgan fingerprint density at radius 2 is 2.17 bits per heavy atom. The van der Waals surface area contributed by atoms with E-state index >= 15 is 0 Å². The van der Waals surface area contributed by atoms with Gasteiger partial charge in [-0.1, -0.05) is 12.1 Å². The fourth-order valence-electron chi connectivity index (χ4n) is 1.79. The van der Waals surface area contributed by atoms with Gasteiger partial charge in [0, 0.05) is 25.6 Å². The van der Waals surface area contributed by atoms with Crippen molar-refractivity contribution >= 4 is 5.91 Å². The molecule has 5 heteroatoms. The number of hydrogen-bond acceptors (Lipinski definition) is 4. The lowest BCUT2D eigenvalue weighted by Crippen LogP contribution is -2.31. The largest absolute Gasteiger partial charge is 0.490 e. The second-order valence-corrected chi connectivity index (χ2v) is 4.07. The first-order valence-corrected chi connectivity index (χ1v) is 6.10. The molecule has 0 radical (unpaired) electrons. The Morgan fingerprint density at radius 3 is 3.00 bits per heavy atom. The summed E-state index contributed by atoms with van der Waals surface area (Å²) in [6.07, 6.45) is 0.889. The molecule has 98 valence electrons. The van der Waals surface area contributed by atoms with Crippen LogP contribution in [-0.2, 0) is 11.3 Å². The fraction of sp³-hybridized carbons (Fsp3) is 0.462. The molecular formula is C13H18N2O3. The fourth-order valence-corrected chi connectivity index (χ4v) is 1.79. The third kappa shape index (κ3) is 3.13. The molecule has 2 N–H and O–H groups in total. The normalized spacial score (nSPS) is 13.8. The van der Waals surface area contributed by atoms with Gasteiger partial charge in [-0.3, -0.25) is 4.79 Å². The first-order valence-electron chi connectivity index (χ1n) is 6.10. The topological polar surface area (TPSA) is 59.6 Å². The molecule has 0 saturated heterocycles. The molecule has 18 heavy (non-hydrogen) atoms. The van der Waals surface area contributed by atoms with Crippen LogP contribution >= 0.6 is 0 Å².